The van der Waals surface area contributed by atoms with Gasteiger partial charge in [-0.15, -0.1) is 12.4 Å². The summed E-state index contributed by atoms with van der Waals surface area (Å²) in [5.74, 6) is -0.0874. The van der Waals surface area contributed by atoms with Gasteiger partial charge in [0.15, 0.2) is 0 Å². The highest BCUT2D eigenvalue weighted by Crippen LogP contribution is 2.22. The molecule has 1 amide bonds. The van der Waals surface area contributed by atoms with Crippen LogP contribution in [0.2, 0.25) is 0 Å². The summed E-state index contributed by atoms with van der Waals surface area (Å²) >= 11 is 0. The largest absolute Gasteiger partial charge is 0.492 e. The zero-order valence-corrected chi connectivity index (χ0v) is 16.7. The van der Waals surface area contributed by atoms with Gasteiger partial charge in [-0.05, 0) is 57.5 Å². The molecule has 0 radical (unpaired) electrons. The highest BCUT2D eigenvalue weighted by atomic mass is 35.5. The fourth-order valence-electron chi connectivity index (χ4n) is 2.56. The zero-order valence-electron chi connectivity index (χ0n) is 15.9. The second-order valence-electron chi connectivity index (χ2n) is 6.19. The van der Waals surface area contributed by atoms with Crippen LogP contribution in [-0.2, 0) is 4.74 Å². The smallest absolute Gasteiger partial charge is 0.340 e. The fraction of sp³-hybridized carbons (Fsp3) is 0.368. The van der Waals surface area contributed by atoms with Crippen LogP contribution in [0.25, 0.3) is 0 Å². The van der Waals surface area contributed by atoms with Crippen LogP contribution in [0.1, 0.15) is 46.0 Å². The lowest BCUT2D eigenvalue weighted by atomic mass is 10.1. The Morgan fingerprint density at radius 2 is 1.81 bits per heavy atom. The van der Waals surface area contributed by atoms with Gasteiger partial charge in [0.05, 0.1) is 11.7 Å². The number of H-pyrrole nitrogens is 1. The van der Waals surface area contributed by atoms with E-state index in [9.17, 15) is 9.59 Å². The number of halogens is 1. The van der Waals surface area contributed by atoms with E-state index in [0.29, 0.717) is 47.1 Å². The van der Waals surface area contributed by atoms with Gasteiger partial charge >= 0.3 is 5.97 Å². The lowest BCUT2D eigenvalue weighted by Gasteiger charge is -2.09. The quantitative estimate of drug-likeness (QED) is 0.624. The topological polar surface area (TPSA) is 106 Å². The lowest BCUT2D eigenvalue weighted by Crippen LogP contribution is -2.15. The second kappa shape index (κ2) is 9.99. The van der Waals surface area contributed by atoms with Crippen molar-refractivity contribution in [3.63, 3.8) is 0 Å². The maximum Gasteiger partial charge on any atom is 0.340 e. The maximum absolute atomic E-state index is 12.6. The average molecular weight is 396 g/mol. The molecule has 148 valence electrons. The van der Waals surface area contributed by atoms with Gasteiger partial charge in [0.25, 0.3) is 5.91 Å². The number of aromatic amines is 1. The van der Waals surface area contributed by atoms with Gasteiger partial charge in [0.2, 0.25) is 0 Å². The van der Waals surface area contributed by atoms with Gasteiger partial charge in [0.1, 0.15) is 18.1 Å². The fourth-order valence-corrected chi connectivity index (χ4v) is 2.56. The molecule has 0 bridgehead atoms. The van der Waals surface area contributed by atoms with E-state index in [1.807, 2.05) is 0 Å². The third kappa shape index (κ3) is 5.74. The van der Waals surface area contributed by atoms with Crippen molar-refractivity contribution in [3.05, 3.63) is 46.8 Å². The number of nitrogens with one attached hydrogen (secondary N) is 2. The molecule has 8 heteroatoms. The van der Waals surface area contributed by atoms with E-state index >= 15 is 0 Å². The van der Waals surface area contributed by atoms with Gasteiger partial charge in [-0.1, -0.05) is 0 Å². The molecule has 7 nitrogen and oxygen atoms in total. The summed E-state index contributed by atoms with van der Waals surface area (Å²) in [5, 5.41) is 2.80. The number of nitrogens with two attached hydrogens (primary N) is 1. The summed E-state index contributed by atoms with van der Waals surface area (Å²) in [6.45, 7) is 7.89. The summed E-state index contributed by atoms with van der Waals surface area (Å²) in [7, 11) is 0. The monoisotopic (exact) mass is 395 g/mol. The van der Waals surface area contributed by atoms with Crippen molar-refractivity contribution in [2.24, 2.45) is 5.73 Å². The Labute approximate surface area is 165 Å². The van der Waals surface area contributed by atoms with Crippen LogP contribution in [0.15, 0.2) is 24.3 Å². The van der Waals surface area contributed by atoms with Crippen LogP contribution < -0.4 is 15.8 Å². The Morgan fingerprint density at radius 3 is 2.37 bits per heavy atom. The molecule has 0 aliphatic carbocycles. The van der Waals surface area contributed by atoms with E-state index in [1.54, 1.807) is 52.0 Å². The highest BCUT2D eigenvalue weighted by molar-refractivity contribution is 6.06. The number of esters is 1. The molecule has 0 fully saturated rings. The van der Waals surface area contributed by atoms with E-state index in [2.05, 4.69) is 10.3 Å². The minimum Gasteiger partial charge on any atom is -0.492 e. The minimum atomic E-state index is -0.438. The van der Waals surface area contributed by atoms with Crippen molar-refractivity contribution in [3.8, 4) is 5.75 Å². The normalized spacial score (nSPS) is 10.3. The van der Waals surface area contributed by atoms with Crippen molar-refractivity contribution in [1.82, 2.24) is 4.98 Å². The molecule has 0 aliphatic rings. The average Bonchev–Trinajstić information content (AvgIpc) is 2.88. The van der Waals surface area contributed by atoms with E-state index in [-0.39, 0.29) is 24.4 Å². The number of aryl methyl sites for hydroxylation is 1. The molecular weight excluding hydrogens is 370 g/mol. The van der Waals surface area contributed by atoms with Crippen molar-refractivity contribution >= 4 is 30.0 Å². The Hall–Kier alpha value is -2.51. The molecule has 0 saturated heterocycles. The molecular formula is C19H26ClN3O4. The van der Waals surface area contributed by atoms with Gasteiger partial charge in [-0.2, -0.15) is 0 Å². The van der Waals surface area contributed by atoms with Crippen LogP contribution >= 0.6 is 12.4 Å². The third-order valence-corrected chi connectivity index (χ3v) is 3.71. The van der Waals surface area contributed by atoms with Crippen LogP contribution in [0.3, 0.4) is 0 Å². The minimum absolute atomic E-state index is 0. The summed E-state index contributed by atoms with van der Waals surface area (Å²) in [5.41, 5.74) is 7.91. The van der Waals surface area contributed by atoms with Gasteiger partial charge in [-0.25, -0.2) is 4.79 Å². The molecule has 2 rings (SSSR count). The zero-order chi connectivity index (χ0) is 19.3. The number of ether oxygens (including phenoxy) is 2. The standard InChI is InChI=1S/C19H25N3O4.ClH/c1-11(2)26-19(24)16-12(3)17(21-13(16)4)18(23)22-14-5-7-15(8-6-14)25-10-9-20;/h5-8,11,21H,9-10,20H2,1-4H3,(H,22,23);1H. The van der Waals surface area contributed by atoms with Crippen molar-refractivity contribution in [2.75, 3.05) is 18.5 Å². The number of aromatic nitrogens is 1. The predicted octanol–water partition coefficient (Wildman–Crippen LogP) is 3.21. The number of amides is 1. The molecule has 1 aromatic carbocycles. The highest BCUT2D eigenvalue weighted by Gasteiger charge is 2.23. The van der Waals surface area contributed by atoms with Crippen LogP contribution in [0.4, 0.5) is 5.69 Å². The molecule has 0 atom stereocenters. The Morgan fingerprint density at radius 1 is 1.19 bits per heavy atom. The van der Waals surface area contributed by atoms with E-state index < -0.39 is 5.97 Å². The van der Waals surface area contributed by atoms with E-state index in [0.717, 1.165) is 0 Å². The summed E-state index contributed by atoms with van der Waals surface area (Å²) < 4.78 is 10.6. The molecule has 4 N–H and O–H groups in total. The Kier molecular flexibility index (Phi) is 8.33. The molecule has 0 saturated carbocycles. The molecule has 0 spiro atoms. The molecule has 1 heterocycles. The molecule has 0 unspecified atom stereocenters. The van der Waals surface area contributed by atoms with Crippen LogP contribution in [0.5, 0.6) is 5.75 Å². The van der Waals surface area contributed by atoms with Crippen molar-refractivity contribution in [2.45, 2.75) is 33.8 Å². The lowest BCUT2D eigenvalue weighted by molar-refractivity contribution is 0.0376. The molecule has 1 aromatic heterocycles. The first-order chi connectivity index (χ1) is 12.3. The number of benzene rings is 1. The Bertz CT molecular complexity index is 785. The molecule has 27 heavy (non-hydrogen) atoms. The van der Waals surface area contributed by atoms with Crippen LogP contribution in [-0.4, -0.2) is 36.1 Å². The first-order valence-electron chi connectivity index (χ1n) is 8.48. The number of carbonyl (C=O) groups is 2. The SMILES string of the molecule is Cc1[nH]c(C(=O)Nc2ccc(OCCN)cc2)c(C)c1C(=O)OC(C)C.Cl. The summed E-state index contributed by atoms with van der Waals surface area (Å²) in [6.07, 6.45) is -0.228. The van der Waals surface area contributed by atoms with E-state index in [1.165, 1.54) is 0 Å². The number of rotatable bonds is 7. The molecule has 0 aliphatic heterocycles. The first-order valence-corrected chi connectivity index (χ1v) is 8.48. The second-order valence-corrected chi connectivity index (χ2v) is 6.19. The maximum atomic E-state index is 12.6. The number of carbonyl (C=O) groups excluding carboxylic acids is 2. The summed E-state index contributed by atoms with van der Waals surface area (Å²) in [6, 6.07) is 6.98. The van der Waals surface area contributed by atoms with Gasteiger partial charge in [0, 0.05) is 17.9 Å². The molecule has 2 aromatic rings. The predicted molar refractivity (Wildman–Crippen MR) is 107 cm³/mol. The number of anilines is 1. The summed E-state index contributed by atoms with van der Waals surface area (Å²) in [4.78, 5) is 27.8. The van der Waals surface area contributed by atoms with Gasteiger partial charge in [-0.3, -0.25) is 4.79 Å². The first kappa shape index (κ1) is 22.5. The number of hydrogen-bond acceptors (Lipinski definition) is 5. The Balaban J connectivity index is 0.00000364. The van der Waals surface area contributed by atoms with Crippen molar-refractivity contribution < 1.29 is 19.1 Å². The van der Waals surface area contributed by atoms with Gasteiger partial charge < -0.3 is 25.5 Å². The third-order valence-electron chi connectivity index (χ3n) is 3.71. The van der Waals surface area contributed by atoms with Crippen molar-refractivity contribution in [1.29, 1.82) is 0 Å². The van der Waals surface area contributed by atoms with Crippen LogP contribution in [0, 0.1) is 13.8 Å². The number of hydrogen-bond donors (Lipinski definition) is 3. The van der Waals surface area contributed by atoms with E-state index in [4.69, 9.17) is 15.2 Å².